The number of likely N-dealkylation sites (tertiary alicyclic amines) is 1. The SMILES string of the molecule is Cc1csc2ccnc(N[C@@H]3CCCN(C(=O)OC(C)(C)C)C3)c12. The number of pyridine rings is 1. The quantitative estimate of drug-likeness (QED) is 0.874. The predicted octanol–water partition coefficient (Wildman–Crippen LogP) is 4.42. The van der Waals surface area contributed by atoms with Crippen LogP contribution in [0.2, 0.25) is 0 Å². The molecule has 1 amide bonds. The Morgan fingerprint density at radius 3 is 3.00 bits per heavy atom. The molecule has 1 fully saturated rings. The zero-order valence-electron chi connectivity index (χ0n) is 14.8. The Hall–Kier alpha value is -1.82. The van der Waals surface area contributed by atoms with E-state index in [2.05, 4.69) is 22.6 Å². The molecule has 3 rings (SSSR count). The number of rotatable bonds is 2. The number of fused-ring (bicyclic) bond motifs is 1. The maximum Gasteiger partial charge on any atom is 0.410 e. The third-order valence-corrected chi connectivity index (χ3v) is 5.15. The maximum absolute atomic E-state index is 12.3. The van der Waals surface area contributed by atoms with Gasteiger partial charge < -0.3 is 15.0 Å². The lowest BCUT2D eigenvalue weighted by Gasteiger charge is -2.34. The number of anilines is 1. The number of piperidine rings is 1. The van der Waals surface area contributed by atoms with Crippen LogP contribution in [-0.2, 0) is 4.74 Å². The van der Waals surface area contributed by atoms with Crippen molar-refractivity contribution in [3.05, 3.63) is 23.2 Å². The molecular weight excluding hydrogens is 322 g/mol. The number of nitrogens with zero attached hydrogens (tertiary/aromatic N) is 2. The number of hydrogen-bond donors (Lipinski definition) is 1. The normalized spacial score (nSPS) is 18.7. The molecule has 1 saturated heterocycles. The molecule has 0 saturated carbocycles. The molecule has 0 unspecified atom stereocenters. The van der Waals surface area contributed by atoms with Gasteiger partial charge in [0.1, 0.15) is 11.4 Å². The van der Waals surface area contributed by atoms with Crippen LogP contribution >= 0.6 is 11.3 Å². The number of carbonyl (C=O) groups is 1. The van der Waals surface area contributed by atoms with Crippen LogP contribution in [0.1, 0.15) is 39.2 Å². The molecule has 1 aliphatic heterocycles. The molecule has 6 heteroatoms. The van der Waals surface area contributed by atoms with E-state index in [1.165, 1.54) is 15.6 Å². The highest BCUT2D eigenvalue weighted by atomic mass is 32.1. The third kappa shape index (κ3) is 3.80. The first-order valence-corrected chi connectivity index (χ1v) is 9.29. The van der Waals surface area contributed by atoms with Crippen molar-refractivity contribution in [1.29, 1.82) is 0 Å². The minimum atomic E-state index is -0.460. The number of amides is 1. The number of nitrogens with one attached hydrogen (secondary N) is 1. The van der Waals surface area contributed by atoms with Crippen molar-refractivity contribution in [2.75, 3.05) is 18.4 Å². The number of ether oxygens (including phenoxy) is 1. The number of hydrogen-bond acceptors (Lipinski definition) is 5. The highest BCUT2D eigenvalue weighted by Crippen LogP contribution is 2.31. The highest BCUT2D eigenvalue weighted by Gasteiger charge is 2.28. The Bertz CT molecular complexity index is 735. The van der Waals surface area contributed by atoms with Gasteiger partial charge in [-0.25, -0.2) is 9.78 Å². The summed E-state index contributed by atoms with van der Waals surface area (Å²) in [6, 6.07) is 2.25. The van der Waals surface area contributed by atoms with Crippen LogP contribution in [0.4, 0.5) is 10.6 Å². The number of aromatic nitrogens is 1. The molecule has 5 nitrogen and oxygen atoms in total. The second-order valence-electron chi connectivity index (χ2n) is 7.36. The third-order valence-electron chi connectivity index (χ3n) is 4.08. The standard InChI is InChI=1S/C18H25N3O2S/c1-12-11-24-14-7-8-19-16(15(12)14)20-13-6-5-9-21(10-13)17(22)23-18(2,3)4/h7-8,11,13H,5-6,9-10H2,1-4H3,(H,19,20)/t13-/m1/s1. The lowest BCUT2D eigenvalue weighted by atomic mass is 10.1. The smallest absolute Gasteiger partial charge is 0.410 e. The van der Waals surface area contributed by atoms with Crippen LogP contribution in [0, 0.1) is 6.92 Å². The topological polar surface area (TPSA) is 54.5 Å². The molecule has 130 valence electrons. The van der Waals surface area contributed by atoms with Crippen molar-refractivity contribution in [2.24, 2.45) is 0 Å². The van der Waals surface area contributed by atoms with Gasteiger partial charge in [-0.15, -0.1) is 11.3 Å². The van der Waals surface area contributed by atoms with E-state index >= 15 is 0 Å². The maximum atomic E-state index is 12.3. The molecule has 0 aromatic carbocycles. The summed E-state index contributed by atoms with van der Waals surface area (Å²) >= 11 is 1.74. The van der Waals surface area contributed by atoms with E-state index in [1.54, 1.807) is 16.2 Å². The molecule has 0 radical (unpaired) electrons. The summed E-state index contributed by atoms with van der Waals surface area (Å²) in [5.41, 5.74) is 0.781. The minimum absolute atomic E-state index is 0.198. The van der Waals surface area contributed by atoms with Gasteiger partial charge in [0, 0.05) is 35.4 Å². The summed E-state index contributed by atoms with van der Waals surface area (Å²) in [5, 5.41) is 6.89. The van der Waals surface area contributed by atoms with Crippen molar-refractivity contribution in [2.45, 2.75) is 52.2 Å². The van der Waals surface area contributed by atoms with Crippen molar-refractivity contribution in [3.8, 4) is 0 Å². The molecule has 1 N–H and O–H groups in total. The monoisotopic (exact) mass is 347 g/mol. The Balaban J connectivity index is 1.71. The Morgan fingerprint density at radius 1 is 1.46 bits per heavy atom. The zero-order valence-corrected chi connectivity index (χ0v) is 15.6. The number of carbonyl (C=O) groups excluding carboxylic acids is 1. The van der Waals surface area contributed by atoms with Gasteiger partial charge in [-0.3, -0.25) is 0 Å². The average Bonchev–Trinajstić information content (AvgIpc) is 2.88. The first-order chi connectivity index (χ1) is 11.3. The summed E-state index contributed by atoms with van der Waals surface area (Å²) in [6.45, 7) is 9.20. The van der Waals surface area contributed by atoms with E-state index < -0.39 is 5.60 Å². The van der Waals surface area contributed by atoms with E-state index in [4.69, 9.17) is 4.74 Å². The first-order valence-electron chi connectivity index (χ1n) is 8.41. The molecule has 0 spiro atoms. The van der Waals surface area contributed by atoms with Crippen molar-refractivity contribution in [3.63, 3.8) is 0 Å². The van der Waals surface area contributed by atoms with Gasteiger partial charge in [-0.1, -0.05) is 0 Å². The molecule has 3 heterocycles. The van der Waals surface area contributed by atoms with Crippen LogP contribution in [0.5, 0.6) is 0 Å². The fourth-order valence-corrected chi connectivity index (χ4v) is 3.96. The molecular formula is C18H25N3O2S. The minimum Gasteiger partial charge on any atom is -0.444 e. The van der Waals surface area contributed by atoms with Crippen LogP contribution in [0.3, 0.4) is 0 Å². The lowest BCUT2D eigenvalue weighted by Crippen LogP contribution is -2.47. The summed E-state index contributed by atoms with van der Waals surface area (Å²) in [4.78, 5) is 18.6. The Kier molecular flexibility index (Phi) is 4.67. The molecule has 0 aliphatic carbocycles. The molecule has 1 atom stereocenters. The Labute approximate surface area is 147 Å². The van der Waals surface area contributed by atoms with E-state index in [1.807, 2.05) is 33.0 Å². The summed E-state index contributed by atoms with van der Waals surface area (Å²) in [6.07, 6.45) is 3.61. The van der Waals surface area contributed by atoms with Crippen molar-refractivity contribution >= 4 is 33.3 Å². The van der Waals surface area contributed by atoms with E-state index in [9.17, 15) is 4.79 Å². The van der Waals surface area contributed by atoms with E-state index in [0.29, 0.717) is 6.54 Å². The van der Waals surface area contributed by atoms with Crippen LogP contribution in [0.25, 0.3) is 10.1 Å². The molecule has 24 heavy (non-hydrogen) atoms. The van der Waals surface area contributed by atoms with Gasteiger partial charge >= 0.3 is 6.09 Å². The van der Waals surface area contributed by atoms with Gasteiger partial charge in [0.25, 0.3) is 0 Å². The molecule has 2 aromatic rings. The fourth-order valence-electron chi connectivity index (χ4n) is 3.02. The second kappa shape index (κ2) is 6.59. The summed E-state index contributed by atoms with van der Waals surface area (Å²) in [7, 11) is 0. The van der Waals surface area contributed by atoms with Crippen molar-refractivity contribution < 1.29 is 9.53 Å². The van der Waals surface area contributed by atoms with Crippen LogP contribution in [0.15, 0.2) is 17.6 Å². The number of aryl methyl sites for hydroxylation is 1. The first kappa shape index (κ1) is 17.0. The van der Waals surface area contributed by atoms with Gasteiger partial charge in [-0.05, 0) is 57.5 Å². The predicted molar refractivity (Wildman–Crippen MR) is 98.8 cm³/mol. The van der Waals surface area contributed by atoms with Gasteiger partial charge in [0.15, 0.2) is 0 Å². The average molecular weight is 347 g/mol. The summed E-state index contributed by atoms with van der Waals surface area (Å²) in [5.74, 6) is 0.919. The zero-order chi connectivity index (χ0) is 17.3. The fraction of sp³-hybridized carbons (Fsp3) is 0.556. The van der Waals surface area contributed by atoms with Gasteiger partial charge in [-0.2, -0.15) is 0 Å². The number of thiophene rings is 1. The largest absolute Gasteiger partial charge is 0.444 e. The van der Waals surface area contributed by atoms with E-state index in [0.717, 1.165) is 25.2 Å². The lowest BCUT2D eigenvalue weighted by molar-refractivity contribution is 0.0206. The molecule has 0 bridgehead atoms. The molecule has 1 aliphatic rings. The second-order valence-corrected chi connectivity index (χ2v) is 8.27. The Morgan fingerprint density at radius 2 is 2.25 bits per heavy atom. The van der Waals surface area contributed by atoms with Gasteiger partial charge in [0.05, 0.1) is 0 Å². The van der Waals surface area contributed by atoms with Crippen LogP contribution in [-0.4, -0.2) is 40.7 Å². The summed E-state index contributed by atoms with van der Waals surface area (Å²) < 4.78 is 6.74. The van der Waals surface area contributed by atoms with Gasteiger partial charge in [0.2, 0.25) is 0 Å². The molecule has 2 aromatic heterocycles. The van der Waals surface area contributed by atoms with Crippen molar-refractivity contribution in [1.82, 2.24) is 9.88 Å². The van der Waals surface area contributed by atoms with E-state index in [-0.39, 0.29) is 12.1 Å². The van der Waals surface area contributed by atoms with Crippen LogP contribution < -0.4 is 5.32 Å². The highest BCUT2D eigenvalue weighted by molar-refractivity contribution is 7.17.